The molecule has 0 aromatic carbocycles. The van der Waals surface area contributed by atoms with E-state index in [1.54, 1.807) is 5.57 Å². The maximum atomic E-state index is 3.69. The zero-order chi connectivity index (χ0) is 7.35. The van der Waals surface area contributed by atoms with Crippen LogP contribution in [-0.4, -0.2) is 8.06 Å². The summed E-state index contributed by atoms with van der Waals surface area (Å²) in [6.07, 6.45) is 4.84. The molecule has 2 rings (SSSR count). The molecule has 10 heavy (non-hydrogen) atoms. The molecule has 0 aromatic heterocycles. The van der Waals surface area contributed by atoms with Crippen molar-refractivity contribution in [3.63, 3.8) is 0 Å². The Morgan fingerprint density at radius 3 is 2.50 bits per heavy atom. The van der Waals surface area contributed by atoms with Crippen molar-refractivity contribution in [3.8, 4) is 0 Å². The van der Waals surface area contributed by atoms with Crippen molar-refractivity contribution in [2.75, 3.05) is 0 Å². The Bertz CT molecular complexity index is 195. The molecule has 0 amide bonds. The Morgan fingerprint density at radius 2 is 2.20 bits per heavy atom. The summed E-state index contributed by atoms with van der Waals surface area (Å²) in [4.78, 5) is 0.499. The summed E-state index contributed by atoms with van der Waals surface area (Å²) < 4.78 is 0.143. The Balaban J connectivity index is 2.37. The molecule has 2 unspecified atom stereocenters. The molecular formula is C7H7Br3. The van der Waals surface area contributed by atoms with E-state index >= 15 is 0 Å². The predicted molar refractivity (Wildman–Crippen MR) is 54.1 cm³/mol. The van der Waals surface area contributed by atoms with E-state index in [4.69, 9.17) is 0 Å². The van der Waals surface area contributed by atoms with Crippen LogP contribution in [0.4, 0.5) is 0 Å². The lowest BCUT2D eigenvalue weighted by Gasteiger charge is -2.26. The summed E-state index contributed by atoms with van der Waals surface area (Å²) >= 11 is 11.0. The highest BCUT2D eigenvalue weighted by atomic mass is 79.9. The van der Waals surface area contributed by atoms with Crippen LogP contribution in [-0.2, 0) is 0 Å². The molecule has 0 aliphatic heterocycles. The van der Waals surface area contributed by atoms with Crippen LogP contribution in [0.1, 0.15) is 12.8 Å². The van der Waals surface area contributed by atoms with Gasteiger partial charge in [-0.3, -0.25) is 0 Å². The van der Waals surface area contributed by atoms with Gasteiger partial charge in [0.25, 0.3) is 0 Å². The fourth-order valence-electron chi connectivity index (χ4n) is 1.70. The summed E-state index contributed by atoms with van der Waals surface area (Å²) in [6, 6.07) is 0. The highest BCUT2D eigenvalue weighted by molar-refractivity contribution is 9.26. The summed E-state index contributed by atoms with van der Waals surface area (Å²) in [5.74, 6) is 0.756. The normalized spacial score (nSPS) is 42.1. The van der Waals surface area contributed by atoms with Gasteiger partial charge in [-0.25, -0.2) is 0 Å². The fraction of sp³-hybridized carbons (Fsp3) is 0.714. The highest BCUT2D eigenvalue weighted by Crippen LogP contribution is 2.58. The van der Waals surface area contributed by atoms with Crippen molar-refractivity contribution < 1.29 is 0 Å². The minimum absolute atomic E-state index is 0.143. The van der Waals surface area contributed by atoms with Crippen molar-refractivity contribution in [3.05, 3.63) is 11.6 Å². The van der Waals surface area contributed by atoms with E-state index in [0.29, 0.717) is 4.83 Å². The van der Waals surface area contributed by atoms with Gasteiger partial charge < -0.3 is 0 Å². The molecule has 1 saturated carbocycles. The number of alkyl halides is 3. The van der Waals surface area contributed by atoms with Gasteiger partial charge in [-0.05, 0) is 18.8 Å². The van der Waals surface area contributed by atoms with Crippen LogP contribution < -0.4 is 0 Å². The van der Waals surface area contributed by atoms with Gasteiger partial charge in [-0.2, -0.15) is 0 Å². The number of hydrogen-bond acceptors (Lipinski definition) is 0. The van der Waals surface area contributed by atoms with Crippen molar-refractivity contribution in [2.24, 2.45) is 5.92 Å². The second kappa shape index (κ2) is 2.33. The summed E-state index contributed by atoms with van der Waals surface area (Å²) in [6.45, 7) is 0. The maximum Gasteiger partial charge on any atom is 0.100 e. The van der Waals surface area contributed by atoms with Crippen LogP contribution in [0, 0.1) is 5.92 Å². The Hall–Kier alpha value is 1.18. The SMILES string of the molecule is BrC1C2=CCC(C2)C1(Br)Br. The average Bonchev–Trinajstić information content (AvgIpc) is 2.37. The molecule has 0 nitrogen and oxygen atoms in total. The Labute approximate surface area is 85.8 Å². The number of fused-ring (bicyclic) bond motifs is 2. The lowest BCUT2D eigenvalue weighted by Crippen LogP contribution is -2.27. The molecule has 0 heterocycles. The van der Waals surface area contributed by atoms with Gasteiger partial charge in [-0.1, -0.05) is 59.4 Å². The predicted octanol–water partition coefficient (Wildman–Crippen LogP) is 3.59. The topological polar surface area (TPSA) is 0 Å². The minimum atomic E-state index is 0.143. The molecule has 2 atom stereocenters. The zero-order valence-electron chi connectivity index (χ0n) is 5.28. The minimum Gasteiger partial charge on any atom is -0.0837 e. The lowest BCUT2D eigenvalue weighted by atomic mass is 10.1. The van der Waals surface area contributed by atoms with E-state index in [-0.39, 0.29) is 3.23 Å². The third kappa shape index (κ3) is 0.896. The third-order valence-corrected chi connectivity index (χ3v) is 7.10. The first-order valence-corrected chi connectivity index (χ1v) is 5.83. The van der Waals surface area contributed by atoms with E-state index in [0.717, 1.165) is 5.92 Å². The van der Waals surface area contributed by atoms with E-state index in [9.17, 15) is 0 Å². The second-order valence-electron chi connectivity index (χ2n) is 2.95. The number of hydrogen-bond donors (Lipinski definition) is 0. The van der Waals surface area contributed by atoms with Crippen molar-refractivity contribution in [2.45, 2.75) is 20.9 Å². The monoisotopic (exact) mass is 328 g/mol. The van der Waals surface area contributed by atoms with Gasteiger partial charge in [0.1, 0.15) is 3.23 Å². The largest absolute Gasteiger partial charge is 0.100 e. The van der Waals surface area contributed by atoms with E-state index in [1.807, 2.05) is 0 Å². The molecule has 0 N–H and O–H groups in total. The van der Waals surface area contributed by atoms with Crippen LogP contribution in [0.5, 0.6) is 0 Å². The molecule has 0 aromatic rings. The molecule has 0 radical (unpaired) electrons. The summed E-state index contributed by atoms with van der Waals surface area (Å²) in [5.41, 5.74) is 1.55. The fourth-order valence-corrected chi connectivity index (χ4v) is 3.73. The van der Waals surface area contributed by atoms with E-state index < -0.39 is 0 Å². The molecule has 56 valence electrons. The van der Waals surface area contributed by atoms with Gasteiger partial charge in [0.05, 0.1) is 4.83 Å². The third-order valence-electron chi connectivity index (χ3n) is 2.35. The van der Waals surface area contributed by atoms with Gasteiger partial charge in [-0.15, -0.1) is 0 Å². The Morgan fingerprint density at radius 1 is 1.50 bits per heavy atom. The maximum absolute atomic E-state index is 3.69. The Kier molecular flexibility index (Phi) is 1.82. The van der Waals surface area contributed by atoms with Crippen LogP contribution in [0.2, 0.25) is 0 Å². The standard InChI is InChI=1S/C7H7Br3/c8-6-4-1-2-5(3-4)7(6,9)10/h1,5-6H,2-3H2. The second-order valence-corrected chi connectivity index (χ2v) is 7.56. The first-order valence-electron chi connectivity index (χ1n) is 3.33. The summed E-state index contributed by atoms with van der Waals surface area (Å²) in [5, 5.41) is 0. The first-order chi connectivity index (χ1) is 4.62. The van der Waals surface area contributed by atoms with Crippen molar-refractivity contribution in [1.82, 2.24) is 0 Å². The summed E-state index contributed by atoms with van der Waals surface area (Å²) in [7, 11) is 0. The molecular weight excluding hydrogens is 324 g/mol. The highest BCUT2D eigenvalue weighted by Gasteiger charge is 2.50. The average molecular weight is 331 g/mol. The molecule has 2 aliphatic carbocycles. The lowest BCUT2D eigenvalue weighted by molar-refractivity contribution is 0.579. The van der Waals surface area contributed by atoms with Crippen molar-refractivity contribution >= 4 is 47.8 Å². The molecule has 1 fully saturated rings. The van der Waals surface area contributed by atoms with Crippen LogP contribution >= 0.6 is 47.8 Å². The molecule has 2 aliphatic rings. The molecule has 3 heteroatoms. The number of halogens is 3. The number of rotatable bonds is 0. The molecule has 0 spiro atoms. The molecule has 2 bridgehead atoms. The van der Waals surface area contributed by atoms with Gasteiger partial charge in [0.15, 0.2) is 0 Å². The zero-order valence-corrected chi connectivity index (χ0v) is 10.0. The molecule has 0 saturated heterocycles. The van der Waals surface area contributed by atoms with Crippen molar-refractivity contribution in [1.29, 1.82) is 0 Å². The van der Waals surface area contributed by atoms with Crippen LogP contribution in [0.25, 0.3) is 0 Å². The van der Waals surface area contributed by atoms with Crippen LogP contribution in [0.3, 0.4) is 0 Å². The smallest absolute Gasteiger partial charge is 0.0837 e. The quantitative estimate of drug-likeness (QED) is 0.470. The van der Waals surface area contributed by atoms with Crippen LogP contribution in [0.15, 0.2) is 11.6 Å². The number of allylic oxidation sites excluding steroid dienone is 2. The first kappa shape index (κ1) is 7.81. The van der Waals surface area contributed by atoms with Gasteiger partial charge >= 0.3 is 0 Å². The van der Waals surface area contributed by atoms with Gasteiger partial charge in [0.2, 0.25) is 0 Å². The van der Waals surface area contributed by atoms with E-state index in [2.05, 4.69) is 53.9 Å². The van der Waals surface area contributed by atoms with E-state index in [1.165, 1.54) is 12.8 Å². The van der Waals surface area contributed by atoms with Gasteiger partial charge in [0, 0.05) is 0 Å².